The predicted molar refractivity (Wildman–Crippen MR) is 92.7 cm³/mol. The summed E-state index contributed by atoms with van der Waals surface area (Å²) in [5.41, 5.74) is 1.31. The molecule has 1 aliphatic rings. The number of benzene rings is 2. The number of phenolic OH excluding ortho intramolecular Hbond substituents is 1. The van der Waals surface area contributed by atoms with Gasteiger partial charge >= 0.3 is 0 Å². The zero-order valence-corrected chi connectivity index (χ0v) is 14.1. The van der Waals surface area contributed by atoms with Gasteiger partial charge in [-0.15, -0.1) is 5.10 Å². The van der Waals surface area contributed by atoms with Crippen molar-refractivity contribution in [3.05, 3.63) is 42.5 Å². The molecular weight excluding hydrogens is 358 g/mol. The highest BCUT2D eigenvalue weighted by Gasteiger charge is 2.15. The molecule has 1 aliphatic heterocycles. The van der Waals surface area contributed by atoms with Gasteiger partial charge < -0.3 is 19.9 Å². The first kappa shape index (κ1) is 16.2. The van der Waals surface area contributed by atoms with Crippen LogP contribution < -0.4 is 14.8 Å². The number of anilines is 1. The van der Waals surface area contributed by atoms with Gasteiger partial charge in [0.15, 0.2) is 11.5 Å². The van der Waals surface area contributed by atoms with Crippen molar-refractivity contribution in [2.24, 2.45) is 0 Å². The number of amides is 1. The Labute approximate surface area is 151 Å². The predicted octanol–water partition coefficient (Wildman–Crippen LogP) is 1.83. The lowest BCUT2D eigenvalue weighted by atomic mass is 10.3. The first-order valence-corrected chi connectivity index (χ1v) is 8.58. The number of nitrogens with zero attached hydrogens (tertiary/aromatic N) is 4. The van der Waals surface area contributed by atoms with Crippen LogP contribution in [0.1, 0.15) is 0 Å². The summed E-state index contributed by atoms with van der Waals surface area (Å²) in [4.78, 5) is 12.2. The number of hydrogen-bond acceptors (Lipinski definition) is 8. The number of tetrazole rings is 1. The number of nitrogens with one attached hydrogen (secondary N) is 1. The number of aromatic nitrogens is 4. The van der Waals surface area contributed by atoms with E-state index in [2.05, 4.69) is 20.8 Å². The third kappa shape index (κ3) is 3.40. The maximum Gasteiger partial charge on any atom is 0.234 e. The number of phenols is 1. The van der Waals surface area contributed by atoms with Gasteiger partial charge in [-0.05, 0) is 46.8 Å². The van der Waals surface area contributed by atoms with E-state index in [9.17, 15) is 9.90 Å². The fourth-order valence-corrected chi connectivity index (χ4v) is 3.02. The van der Waals surface area contributed by atoms with E-state index >= 15 is 0 Å². The molecule has 132 valence electrons. The van der Waals surface area contributed by atoms with E-state index in [1.807, 2.05) is 0 Å². The van der Waals surface area contributed by atoms with Crippen molar-refractivity contribution in [2.75, 3.05) is 17.9 Å². The normalized spacial score (nSPS) is 12.2. The van der Waals surface area contributed by atoms with E-state index in [0.29, 0.717) is 28.0 Å². The fourth-order valence-electron chi connectivity index (χ4n) is 2.33. The summed E-state index contributed by atoms with van der Waals surface area (Å²) in [5, 5.41) is 24.1. The van der Waals surface area contributed by atoms with Crippen LogP contribution in [0.3, 0.4) is 0 Å². The van der Waals surface area contributed by atoms with E-state index in [0.717, 1.165) is 0 Å². The Morgan fingerprint density at radius 3 is 2.85 bits per heavy atom. The van der Waals surface area contributed by atoms with Crippen LogP contribution in [0.25, 0.3) is 5.69 Å². The van der Waals surface area contributed by atoms with Crippen LogP contribution in [0.5, 0.6) is 17.2 Å². The minimum atomic E-state index is -0.200. The van der Waals surface area contributed by atoms with Crippen LogP contribution in [-0.4, -0.2) is 43.8 Å². The molecule has 0 bridgehead atoms. The van der Waals surface area contributed by atoms with Crippen molar-refractivity contribution in [3.63, 3.8) is 0 Å². The number of aromatic hydroxyl groups is 1. The van der Waals surface area contributed by atoms with E-state index in [-0.39, 0.29) is 24.2 Å². The molecule has 2 heterocycles. The summed E-state index contributed by atoms with van der Waals surface area (Å²) in [6.45, 7) is 0.183. The van der Waals surface area contributed by atoms with Crippen LogP contribution in [0.2, 0.25) is 0 Å². The number of fused-ring (bicyclic) bond motifs is 1. The van der Waals surface area contributed by atoms with Crippen molar-refractivity contribution >= 4 is 23.4 Å². The first-order valence-electron chi connectivity index (χ1n) is 7.59. The Balaban J connectivity index is 1.39. The summed E-state index contributed by atoms with van der Waals surface area (Å²) in [7, 11) is 0. The lowest BCUT2D eigenvalue weighted by Crippen LogP contribution is -2.14. The lowest BCUT2D eigenvalue weighted by molar-refractivity contribution is -0.113. The minimum Gasteiger partial charge on any atom is -0.508 e. The molecule has 4 rings (SSSR count). The molecule has 2 aromatic carbocycles. The molecule has 9 nitrogen and oxygen atoms in total. The van der Waals surface area contributed by atoms with Gasteiger partial charge in [-0.1, -0.05) is 11.8 Å². The van der Waals surface area contributed by atoms with Crippen molar-refractivity contribution < 1.29 is 19.4 Å². The Kier molecular flexibility index (Phi) is 4.32. The third-order valence-corrected chi connectivity index (χ3v) is 4.44. The van der Waals surface area contributed by atoms with Gasteiger partial charge in [-0.3, -0.25) is 4.79 Å². The number of carbonyl (C=O) groups is 1. The third-order valence-electron chi connectivity index (χ3n) is 3.52. The van der Waals surface area contributed by atoms with Gasteiger partial charge in [0.2, 0.25) is 17.9 Å². The minimum absolute atomic E-state index is 0.132. The molecule has 1 aromatic heterocycles. The Morgan fingerprint density at radius 2 is 2.00 bits per heavy atom. The molecule has 0 saturated heterocycles. The lowest BCUT2D eigenvalue weighted by Gasteiger charge is -2.06. The van der Waals surface area contributed by atoms with Crippen molar-refractivity contribution in [2.45, 2.75) is 5.16 Å². The summed E-state index contributed by atoms with van der Waals surface area (Å²) in [6.07, 6.45) is 0. The topological polar surface area (TPSA) is 111 Å². The van der Waals surface area contributed by atoms with Gasteiger partial charge in [0, 0.05) is 11.8 Å². The summed E-state index contributed by atoms with van der Waals surface area (Å²) < 4.78 is 12.0. The molecule has 0 aliphatic carbocycles. The van der Waals surface area contributed by atoms with Crippen LogP contribution >= 0.6 is 11.8 Å². The van der Waals surface area contributed by atoms with Gasteiger partial charge in [-0.2, -0.15) is 4.68 Å². The molecular formula is C16H13N5O4S. The molecule has 0 spiro atoms. The summed E-state index contributed by atoms with van der Waals surface area (Å²) in [5.74, 6) is 1.35. The van der Waals surface area contributed by atoms with Crippen LogP contribution in [0.15, 0.2) is 47.6 Å². The maximum atomic E-state index is 12.2. The van der Waals surface area contributed by atoms with Gasteiger partial charge in [0.25, 0.3) is 0 Å². The fraction of sp³-hybridized carbons (Fsp3) is 0.125. The van der Waals surface area contributed by atoms with Crippen molar-refractivity contribution in [1.29, 1.82) is 0 Å². The Morgan fingerprint density at radius 1 is 1.19 bits per heavy atom. The molecule has 0 saturated carbocycles. The van der Waals surface area contributed by atoms with Crippen LogP contribution in [0.4, 0.5) is 5.69 Å². The Hall–Kier alpha value is -3.27. The maximum absolute atomic E-state index is 12.2. The van der Waals surface area contributed by atoms with Crippen LogP contribution in [0, 0.1) is 0 Å². The number of rotatable bonds is 5. The number of thioether (sulfide) groups is 1. The zero-order chi connectivity index (χ0) is 17.9. The molecule has 1 amide bonds. The van der Waals surface area contributed by atoms with E-state index < -0.39 is 0 Å². The molecule has 0 radical (unpaired) electrons. The van der Waals surface area contributed by atoms with E-state index in [1.54, 1.807) is 30.3 Å². The largest absolute Gasteiger partial charge is 0.508 e. The second-order valence-electron chi connectivity index (χ2n) is 5.29. The quantitative estimate of drug-likeness (QED) is 0.654. The highest BCUT2D eigenvalue weighted by Crippen LogP contribution is 2.34. The number of ether oxygens (including phenoxy) is 2. The SMILES string of the molecule is O=C(CSc1nnnn1-c1ccc(O)cc1)Nc1ccc2c(c1)OCO2. The standard InChI is InChI=1S/C16H13N5O4S/c22-12-4-2-11(3-5-12)21-16(18-19-20-21)26-8-15(23)17-10-1-6-13-14(7-10)25-9-24-13/h1-7,22H,8-9H2,(H,17,23). The summed E-state index contributed by atoms with van der Waals surface area (Å²) in [6, 6.07) is 11.7. The van der Waals surface area contributed by atoms with Crippen LogP contribution in [-0.2, 0) is 4.79 Å². The molecule has 0 fully saturated rings. The molecule has 26 heavy (non-hydrogen) atoms. The average molecular weight is 371 g/mol. The second-order valence-corrected chi connectivity index (χ2v) is 6.24. The van der Waals surface area contributed by atoms with Crippen molar-refractivity contribution in [3.8, 4) is 22.9 Å². The van der Waals surface area contributed by atoms with Crippen molar-refractivity contribution in [1.82, 2.24) is 20.2 Å². The number of hydrogen-bond donors (Lipinski definition) is 2. The molecule has 0 unspecified atom stereocenters. The highest BCUT2D eigenvalue weighted by atomic mass is 32.2. The van der Waals surface area contributed by atoms with E-state index in [4.69, 9.17) is 9.47 Å². The molecule has 10 heteroatoms. The van der Waals surface area contributed by atoms with E-state index in [1.165, 1.54) is 28.6 Å². The zero-order valence-electron chi connectivity index (χ0n) is 13.3. The summed E-state index contributed by atoms with van der Waals surface area (Å²) >= 11 is 1.20. The Bertz CT molecular complexity index is 944. The number of carbonyl (C=O) groups excluding carboxylic acids is 1. The monoisotopic (exact) mass is 371 g/mol. The highest BCUT2D eigenvalue weighted by molar-refractivity contribution is 7.99. The first-order chi connectivity index (χ1) is 12.7. The second kappa shape index (κ2) is 6.92. The molecule has 2 N–H and O–H groups in total. The van der Waals surface area contributed by atoms with Gasteiger partial charge in [0.1, 0.15) is 5.75 Å². The van der Waals surface area contributed by atoms with Gasteiger partial charge in [0.05, 0.1) is 11.4 Å². The molecule has 3 aromatic rings. The smallest absolute Gasteiger partial charge is 0.234 e. The van der Waals surface area contributed by atoms with Gasteiger partial charge in [-0.25, -0.2) is 0 Å². The molecule has 0 atom stereocenters. The average Bonchev–Trinajstić information content (AvgIpc) is 3.29.